The second-order valence-corrected chi connectivity index (χ2v) is 7.53. The number of nitrogens with zero attached hydrogens (tertiary/aromatic N) is 1. The zero-order valence-electron chi connectivity index (χ0n) is 16.2. The monoisotopic (exact) mass is 400 g/mol. The molecule has 6 heteroatoms. The molecular formula is C22H25FN2O2S. The van der Waals surface area contributed by atoms with Crippen LogP contribution in [0.4, 0.5) is 10.1 Å². The lowest BCUT2D eigenvalue weighted by Gasteiger charge is -2.23. The highest BCUT2D eigenvalue weighted by molar-refractivity contribution is 7.21. The molecule has 0 saturated carbocycles. The molecular weight excluding hydrogens is 375 g/mol. The highest BCUT2D eigenvalue weighted by Crippen LogP contribution is 2.33. The number of hydrogen-bond donors (Lipinski definition) is 1. The van der Waals surface area contributed by atoms with Crippen LogP contribution in [0.1, 0.15) is 28.6 Å². The summed E-state index contributed by atoms with van der Waals surface area (Å²) in [6, 6.07) is 15.1. The average molecular weight is 401 g/mol. The van der Waals surface area contributed by atoms with Crippen LogP contribution < -0.4 is 10.2 Å². The maximum Gasteiger partial charge on any atom is 0.261 e. The number of benzene rings is 2. The van der Waals surface area contributed by atoms with E-state index in [9.17, 15) is 9.18 Å². The van der Waals surface area contributed by atoms with Gasteiger partial charge in [0.25, 0.3) is 5.91 Å². The van der Waals surface area contributed by atoms with Crippen LogP contribution in [0.3, 0.4) is 0 Å². The molecule has 0 atom stereocenters. The number of nitrogens with one attached hydrogen (secondary N) is 1. The first-order chi connectivity index (χ1) is 13.7. The van der Waals surface area contributed by atoms with Gasteiger partial charge in [-0.15, -0.1) is 11.3 Å². The summed E-state index contributed by atoms with van der Waals surface area (Å²) >= 11 is 1.31. The highest BCUT2D eigenvalue weighted by Gasteiger charge is 2.20. The maximum atomic E-state index is 14.3. The second-order valence-electron chi connectivity index (χ2n) is 6.48. The highest BCUT2D eigenvalue weighted by atomic mass is 32.1. The largest absolute Gasteiger partial charge is 0.380 e. The van der Waals surface area contributed by atoms with E-state index in [1.807, 2.05) is 24.3 Å². The van der Waals surface area contributed by atoms with E-state index in [-0.39, 0.29) is 18.3 Å². The molecule has 3 rings (SSSR count). The van der Waals surface area contributed by atoms with E-state index >= 15 is 0 Å². The molecule has 4 nitrogen and oxygen atoms in total. The Hall–Kier alpha value is -2.44. The van der Waals surface area contributed by atoms with Crippen LogP contribution in [0.2, 0.25) is 0 Å². The van der Waals surface area contributed by atoms with Crippen LogP contribution >= 0.6 is 11.3 Å². The van der Waals surface area contributed by atoms with Gasteiger partial charge in [0.05, 0.1) is 11.5 Å². The van der Waals surface area contributed by atoms with Crippen molar-refractivity contribution in [3.05, 3.63) is 64.8 Å². The first-order valence-electron chi connectivity index (χ1n) is 9.42. The van der Waals surface area contributed by atoms with Gasteiger partial charge < -0.3 is 15.0 Å². The van der Waals surface area contributed by atoms with Gasteiger partial charge in [0.2, 0.25) is 0 Å². The first kappa shape index (κ1) is 20.3. The van der Waals surface area contributed by atoms with Crippen molar-refractivity contribution in [2.45, 2.75) is 20.0 Å². The minimum atomic E-state index is -0.318. The Kier molecular flexibility index (Phi) is 7.01. The number of amides is 1. The Morgan fingerprint density at radius 3 is 2.68 bits per heavy atom. The molecule has 0 fully saturated rings. The molecule has 1 heterocycles. The van der Waals surface area contributed by atoms with Crippen LogP contribution in [0.25, 0.3) is 10.1 Å². The van der Waals surface area contributed by atoms with Gasteiger partial charge >= 0.3 is 0 Å². The molecule has 0 aliphatic carbocycles. The fourth-order valence-electron chi connectivity index (χ4n) is 3.29. The fourth-order valence-corrected chi connectivity index (χ4v) is 4.43. The predicted molar refractivity (Wildman–Crippen MR) is 114 cm³/mol. The molecule has 0 bridgehead atoms. The number of methoxy groups -OCH3 is 1. The van der Waals surface area contributed by atoms with Gasteiger partial charge in [-0.3, -0.25) is 4.79 Å². The Morgan fingerprint density at radius 2 is 1.96 bits per heavy atom. The molecule has 0 aliphatic heterocycles. The van der Waals surface area contributed by atoms with E-state index in [1.165, 1.54) is 23.1 Å². The molecule has 1 N–H and O–H groups in total. The zero-order chi connectivity index (χ0) is 19.9. The summed E-state index contributed by atoms with van der Waals surface area (Å²) in [4.78, 5) is 15.5. The second kappa shape index (κ2) is 9.66. The van der Waals surface area contributed by atoms with Crippen molar-refractivity contribution in [3.63, 3.8) is 0 Å². The van der Waals surface area contributed by atoms with Gasteiger partial charge in [-0.1, -0.05) is 24.3 Å². The number of ether oxygens (including phenoxy) is 1. The van der Waals surface area contributed by atoms with Crippen LogP contribution in [-0.2, 0) is 11.3 Å². The standard InChI is InChI=1S/C22H25FN2O2S/c1-3-25(16-9-5-4-6-10-16)14-8-13-24-22(26)21-17(15-27-2)20-18(23)11-7-12-19(20)28-21/h4-7,9-12H,3,8,13-15H2,1-2H3,(H,24,26). The van der Waals surface area contributed by atoms with Gasteiger partial charge in [0, 0.05) is 48.1 Å². The molecule has 0 aliphatic rings. The summed E-state index contributed by atoms with van der Waals surface area (Å²) in [5, 5.41) is 3.46. The zero-order valence-corrected chi connectivity index (χ0v) is 17.0. The van der Waals surface area contributed by atoms with Gasteiger partial charge in [-0.25, -0.2) is 4.39 Å². The van der Waals surface area contributed by atoms with Crippen LogP contribution in [0, 0.1) is 5.82 Å². The minimum absolute atomic E-state index is 0.171. The number of halogens is 1. The quantitative estimate of drug-likeness (QED) is 0.523. The van der Waals surface area contributed by atoms with E-state index in [1.54, 1.807) is 13.2 Å². The van der Waals surface area contributed by atoms with E-state index in [0.717, 1.165) is 24.2 Å². The van der Waals surface area contributed by atoms with Crippen LogP contribution in [0.5, 0.6) is 0 Å². The molecule has 28 heavy (non-hydrogen) atoms. The van der Waals surface area contributed by atoms with Crippen molar-refractivity contribution in [2.75, 3.05) is 31.6 Å². The van der Waals surface area contributed by atoms with Crippen molar-refractivity contribution in [3.8, 4) is 0 Å². The molecule has 0 spiro atoms. The summed E-state index contributed by atoms with van der Waals surface area (Å²) in [5.74, 6) is -0.489. The summed E-state index contributed by atoms with van der Waals surface area (Å²) in [7, 11) is 1.55. The Balaban J connectivity index is 1.63. The third-order valence-electron chi connectivity index (χ3n) is 4.65. The predicted octanol–water partition coefficient (Wildman–Crippen LogP) is 4.83. The summed E-state index contributed by atoms with van der Waals surface area (Å²) in [5.41, 5.74) is 1.80. The van der Waals surface area contributed by atoms with Crippen molar-refractivity contribution >= 4 is 33.0 Å². The first-order valence-corrected chi connectivity index (χ1v) is 10.2. The molecule has 3 aromatic rings. The maximum absolute atomic E-state index is 14.3. The van der Waals surface area contributed by atoms with Gasteiger partial charge in [-0.2, -0.15) is 0 Å². The van der Waals surface area contributed by atoms with Gasteiger partial charge in [0.1, 0.15) is 5.82 Å². The lowest BCUT2D eigenvalue weighted by atomic mass is 10.1. The number of hydrogen-bond acceptors (Lipinski definition) is 4. The van der Waals surface area contributed by atoms with Crippen molar-refractivity contribution < 1.29 is 13.9 Å². The number of carbonyl (C=O) groups is 1. The average Bonchev–Trinajstić information content (AvgIpc) is 3.09. The molecule has 2 aromatic carbocycles. The molecule has 148 valence electrons. The van der Waals surface area contributed by atoms with E-state index in [0.29, 0.717) is 22.4 Å². The number of thiophene rings is 1. The van der Waals surface area contributed by atoms with Crippen molar-refractivity contribution in [2.24, 2.45) is 0 Å². The smallest absolute Gasteiger partial charge is 0.261 e. The topological polar surface area (TPSA) is 41.6 Å². The fraction of sp³-hybridized carbons (Fsp3) is 0.318. The lowest BCUT2D eigenvalue weighted by molar-refractivity contribution is 0.0953. The number of carbonyl (C=O) groups excluding carboxylic acids is 1. The van der Waals surface area contributed by atoms with Crippen molar-refractivity contribution in [1.29, 1.82) is 0 Å². The van der Waals surface area contributed by atoms with Gasteiger partial charge in [-0.05, 0) is 37.6 Å². The normalized spacial score (nSPS) is 11.0. The third-order valence-corrected chi connectivity index (χ3v) is 5.85. The third kappa shape index (κ3) is 4.51. The van der Waals surface area contributed by atoms with E-state index in [4.69, 9.17) is 4.74 Å². The number of fused-ring (bicyclic) bond motifs is 1. The van der Waals surface area contributed by atoms with E-state index in [2.05, 4.69) is 29.3 Å². The molecule has 1 amide bonds. The summed E-state index contributed by atoms with van der Waals surface area (Å²) < 4.78 is 20.2. The van der Waals surface area contributed by atoms with Gasteiger partial charge in [0.15, 0.2) is 0 Å². The molecule has 0 unspecified atom stereocenters. The van der Waals surface area contributed by atoms with Crippen LogP contribution in [-0.4, -0.2) is 32.7 Å². The minimum Gasteiger partial charge on any atom is -0.380 e. The molecule has 1 aromatic heterocycles. The number of para-hydroxylation sites is 1. The lowest BCUT2D eigenvalue weighted by Crippen LogP contribution is -2.30. The van der Waals surface area contributed by atoms with Crippen molar-refractivity contribution in [1.82, 2.24) is 5.32 Å². The van der Waals surface area contributed by atoms with Crippen LogP contribution in [0.15, 0.2) is 48.5 Å². The summed E-state index contributed by atoms with van der Waals surface area (Å²) in [6.07, 6.45) is 0.827. The number of anilines is 1. The number of rotatable bonds is 9. The molecule has 0 radical (unpaired) electrons. The summed E-state index contributed by atoms with van der Waals surface area (Å²) in [6.45, 7) is 4.65. The Morgan fingerprint density at radius 1 is 1.18 bits per heavy atom. The Bertz CT molecular complexity index is 927. The van der Waals surface area contributed by atoms with E-state index < -0.39 is 0 Å². The molecule has 0 saturated heterocycles. The Labute approximate surface area is 168 Å². The SMILES string of the molecule is CCN(CCCNC(=O)c1sc2cccc(F)c2c1COC)c1ccccc1.